The van der Waals surface area contributed by atoms with Crippen molar-refractivity contribution in [3.05, 3.63) is 59.0 Å². The molecule has 8 heteroatoms. The van der Waals surface area contributed by atoms with Crippen LogP contribution in [0.15, 0.2) is 47.5 Å². The third-order valence-electron chi connectivity index (χ3n) is 6.16. The molecule has 0 radical (unpaired) electrons. The third kappa shape index (κ3) is 4.91. The number of hydrogen-bond acceptors (Lipinski definition) is 5. The number of aromatic nitrogens is 4. The summed E-state index contributed by atoms with van der Waals surface area (Å²) in [6.45, 7) is 4.59. The number of rotatable bonds is 7. The van der Waals surface area contributed by atoms with Crippen LogP contribution in [0.1, 0.15) is 39.5 Å². The van der Waals surface area contributed by atoms with Gasteiger partial charge in [-0.3, -0.25) is 9.13 Å². The molecule has 2 heterocycles. The van der Waals surface area contributed by atoms with Gasteiger partial charge >= 0.3 is 5.69 Å². The van der Waals surface area contributed by atoms with Crippen LogP contribution in [0, 0.1) is 11.7 Å². The Balaban J connectivity index is 1.71. The standard InChI is InChI=1S/C24H30FN5O2/c1-16-4-8-19(9-5-16)27-23-26-13-12-21(28-23)22-15-29(14-17(2)32-3)24(31)30(22)20-10-6-18(25)7-11-20/h6-7,10-13,15-17,19H,4-5,8-9,14H2,1-3H3,(H,26,27,28)/t16-,17?,19-. The number of benzene rings is 1. The second kappa shape index (κ2) is 9.65. The fourth-order valence-electron chi connectivity index (χ4n) is 4.15. The molecule has 1 N–H and O–H groups in total. The van der Waals surface area contributed by atoms with Gasteiger partial charge in [0.2, 0.25) is 5.95 Å². The molecule has 0 aliphatic heterocycles. The fraction of sp³-hybridized carbons (Fsp3) is 0.458. The van der Waals surface area contributed by atoms with Crippen molar-refractivity contribution in [3.63, 3.8) is 0 Å². The number of ether oxygens (including phenoxy) is 1. The first-order valence-electron chi connectivity index (χ1n) is 11.2. The number of nitrogens with zero attached hydrogens (tertiary/aromatic N) is 4. The molecule has 1 aliphatic rings. The molecule has 1 unspecified atom stereocenters. The molecule has 0 amide bonds. The normalized spacial score (nSPS) is 19.6. The molecule has 170 valence electrons. The topological polar surface area (TPSA) is 74.0 Å². The van der Waals surface area contributed by atoms with Crippen LogP contribution in [0.3, 0.4) is 0 Å². The zero-order chi connectivity index (χ0) is 22.7. The van der Waals surface area contributed by atoms with Crippen LogP contribution in [-0.4, -0.2) is 38.4 Å². The lowest BCUT2D eigenvalue weighted by Crippen LogP contribution is -2.27. The number of imidazole rings is 1. The van der Waals surface area contributed by atoms with E-state index in [1.54, 1.807) is 46.8 Å². The van der Waals surface area contributed by atoms with Crippen molar-refractivity contribution in [2.45, 2.75) is 58.2 Å². The average Bonchev–Trinajstić information content (AvgIpc) is 3.12. The maximum absolute atomic E-state index is 13.5. The van der Waals surface area contributed by atoms with Gasteiger partial charge in [0, 0.05) is 25.5 Å². The van der Waals surface area contributed by atoms with Gasteiger partial charge in [-0.25, -0.2) is 19.2 Å². The van der Waals surface area contributed by atoms with Gasteiger partial charge in [0.1, 0.15) is 5.82 Å². The summed E-state index contributed by atoms with van der Waals surface area (Å²) in [6.07, 6.45) is 7.92. The Morgan fingerprint density at radius 2 is 1.91 bits per heavy atom. The molecule has 3 aromatic rings. The van der Waals surface area contributed by atoms with Gasteiger partial charge in [-0.15, -0.1) is 0 Å². The van der Waals surface area contributed by atoms with Crippen LogP contribution in [0.25, 0.3) is 17.1 Å². The summed E-state index contributed by atoms with van der Waals surface area (Å²) < 4.78 is 22.0. The first-order chi connectivity index (χ1) is 15.4. The van der Waals surface area contributed by atoms with Crippen molar-refractivity contribution in [3.8, 4) is 17.1 Å². The molecular weight excluding hydrogens is 409 g/mol. The zero-order valence-corrected chi connectivity index (χ0v) is 18.8. The van der Waals surface area contributed by atoms with Crippen LogP contribution in [0.4, 0.5) is 10.3 Å². The second-order valence-corrected chi connectivity index (χ2v) is 8.67. The predicted octanol–water partition coefficient (Wildman–Crippen LogP) is 4.26. The van der Waals surface area contributed by atoms with Gasteiger partial charge < -0.3 is 10.1 Å². The number of hydrogen-bond donors (Lipinski definition) is 1. The summed E-state index contributed by atoms with van der Waals surface area (Å²) in [7, 11) is 1.61. The van der Waals surface area contributed by atoms with E-state index in [-0.39, 0.29) is 17.6 Å². The van der Waals surface area contributed by atoms with Gasteiger partial charge in [0.15, 0.2) is 0 Å². The highest BCUT2D eigenvalue weighted by atomic mass is 19.1. The molecule has 1 saturated carbocycles. The van der Waals surface area contributed by atoms with Crippen molar-refractivity contribution in [2.24, 2.45) is 5.92 Å². The van der Waals surface area contributed by atoms with E-state index >= 15 is 0 Å². The van der Waals surface area contributed by atoms with E-state index in [4.69, 9.17) is 9.72 Å². The lowest BCUT2D eigenvalue weighted by atomic mass is 9.87. The molecule has 2 aromatic heterocycles. The third-order valence-corrected chi connectivity index (χ3v) is 6.16. The van der Waals surface area contributed by atoms with Gasteiger partial charge in [-0.2, -0.15) is 0 Å². The van der Waals surface area contributed by atoms with Crippen molar-refractivity contribution in [1.29, 1.82) is 0 Å². The van der Waals surface area contributed by atoms with Crippen LogP contribution in [-0.2, 0) is 11.3 Å². The Morgan fingerprint density at radius 3 is 2.59 bits per heavy atom. The number of halogens is 1. The Bertz CT molecular complexity index is 1100. The molecule has 1 fully saturated rings. The maximum Gasteiger partial charge on any atom is 0.333 e. The maximum atomic E-state index is 13.5. The Hall–Kier alpha value is -3.00. The SMILES string of the molecule is COC(C)Cn1cc(-c2ccnc(N[C@H]3CC[C@H](C)CC3)n2)n(-c2ccc(F)cc2)c1=O. The van der Waals surface area contributed by atoms with E-state index in [9.17, 15) is 9.18 Å². The fourth-order valence-corrected chi connectivity index (χ4v) is 4.15. The second-order valence-electron chi connectivity index (χ2n) is 8.67. The zero-order valence-electron chi connectivity index (χ0n) is 18.8. The van der Waals surface area contributed by atoms with E-state index in [1.165, 1.54) is 25.0 Å². The molecule has 0 saturated heterocycles. The predicted molar refractivity (Wildman–Crippen MR) is 123 cm³/mol. The molecule has 1 aromatic carbocycles. The number of anilines is 1. The molecule has 1 aliphatic carbocycles. The monoisotopic (exact) mass is 439 g/mol. The highest BCUT2D eigenvalue weighted by Crippen LogP contribution is 2.26. The number of methoxy groups -OCH3 is 1. The molecule has 0 bridgehead atoms. The molecule has 1 atom stereocenters. The quantitative estimate of drug-likeness (QED) is 0.595. The van der Waals surface area contributed by atoms with Crippen LogP contribution in [0.2, 0.25) is 0 Å². The summed E-state index contributed by atoms with van der Waals surface area (Å²) in [4.78, 5) is 22.4. The lowest BCUT2D eigenvalue weighted by molar-refractivity contribution is 0.102. The Kier molecular flexibility index (Phi) is 6.69. The molecule has 4 rings (SSSR count). The van der Waals surface area contributed by atoms with Gasteiger partial charge in [-0.1, -0.05) is 6.92 Å². The summed E-state index contributed by atoms with van der Waals surface area (Å²) >= 11 is 0. The van der Waals surface area contributed by atoms with E-state index in [0.29, 0.717) is 35.6 Å². The van der Waals surface area contributed by atoms with Crippen molar-refractivity contribution in [1.82, 2.24) is 19.1 Å². The summed E-state index contributed by atoms with van der Waals surface area (Å²) in [5.41, 5.74) is 1.58. The number of nitrogens with one attached hydrogen (secondary N) is 1. The Morgan fingerprint density at radius 1 is 1.19 bits per heavy atom. The molecular formula is C24H30FN5O2. The minimum absolute atomic E-state index is 0.138. The largest absolute Gasteiger partial charge is 0.380 e. The van der Waals surface area contributed by atoms with Crippen molar-refractivity contribution in [2.75, 3.05) is 12.4 Å². The minimum atomic E-state index is -0.355. The highest BCUT2D eigenvalue weighted by molar-refractivity contribution is 5.59. The van der Waals surface area contributed by atoms with Gasteiger partial charge in [-0.05, 0) is 68.9 Å². The summed E-state index contributed by atoms with van der Waals surface area (Å²) in [6, 6.07) is 8.01. The van der Waals surface area contributed by atoms with Gasteiger partial charge in [0.25, 0.3) is 0 Å². The lowest BCUT2D eigenvalue weighted by Gasteiger charge is -2.26. The smallest absolute Gasteiger partial charge is 0.333 e. The first kappa shape index (κ1) is 22.2. The Labute approximate surface area is 187 Å². The van der Waals surface area contributed by atoms with Crippen LogP contribution in [0.5, 0.6) is 0 Å². The van der Waals surface area contributed by atoms with E-state index in [0.717, 1.165) is 18.8 Å². The molecule has 7 nitrogen and oxygen atoms in total. The minimum Gasteiger partial charge on any atom is -0.380 e. The summed E-state index contributed by atoms with van der Waals surface area (Å²) in [5, 5.41) is 3.46. The first-order valence-corrected chi connectivity index (χ1v) is 11.2. The molecule has 0 spiro atoms. The molecule has 32 heavy (non-hydrogen) atoms. The van der Waals surface area contributed by atoms with Crippen LogP contribution >= 0.6 is 0 Å². The van der Waals surface area contributed by atoms with Crippen molar-refractivity contribution < 1.29 is 9.13 Å². The van der Waals surface area contributed by atoms with E-state index < -0.39 is 0 Å². The van der Waals surface area contributed by atoms with E-state index in [2.05, 4.69) is 17.2 Å². The summed E-state index contributed by atoms with van der Waals surface area (Å²) in [5.74, 6) is 0.962. The highest BCUT2D eigenvalue weighted by Gasteiger charge is 2.20. The van der Waals surface area contributed by atoms with Crippen molar-refractivity contribution >= 4 is 5.95 Å². The average molecular weight is 440 g/mol. The van der Waals surface area contributed by atoms with E-state index in [1.807, 2.05) is 6.92 Å². The van der Waals surface area contributed by atoms with Crippen LogP contribution < -0.4 is 11.0 Å². The van der Waals surface area contributed by atoms with Gasteiger partial charge in [0.05, 0.1) is 29.7 Å².